The van der Waals surface area contributed by atoms with Gasteiger partial charge < -0.3 is 29.3 Å². The molecule has 2 amide bonds. The Morgan fingerprint density at radius 2 is 0.862 bits per heavy atom. The molecule has 58 heavy (non-hydrogen) atoms. The molecule has 0 spiro atoms. The van der Waals surface area contributed by atoms with Gasteiger partial charge in [0.25, 0.3) is 0 Å². The molecule has 0 fully saturated rings. The molecule has 8 heteroatoms. The summed E-state index contributed by atoms with van der Waals surface area (Å²) in [6.45, 7) is 12.2. The van der Waals surface area contributed by atoms with E-state index in [1.807, 2.05) is 0 Å². The lowest BCUT2D eigenvalue weighted by Crippen LogP contribution is -2.41. The van der Waals surface area contributed by atoms with Crippen molar-refractivity contribution in [2.75, 3.05) is 60.3 Å². The van der Waals surface area contributed by atoms with E-state index in [4.69, 9.17) is 14.2 Å². The third-order valence-corrected chi connectivity index (χ3v) is 11.5. The summed E-state index contributed by atoms with van der Waals surface area (Å²) in [5, 5.41) is 3.20. The fourth-order valence-electron chi connectivity index (χ4n) is 7.64. The minimum Gasteiger partial charge on any atom is -0.462 e. The predicted molar refractivity (Wildman–Crippen MR) is 249 cm³/mol. The minimum atomic E-state index is 0.00247. The summed E-state index contributed by atoms with van der Waals surface area (Å²) in [4.78, 5) is 30.2. The number of hydrogen-bond acceptors (Lipinski definition) is 6. The fourth-order valence-corrected chi connectivity index (χ4v) is 7.64. The molecule has 0 atom stereocenters. The number of unbranched alkanes of at least 4 members (excludes halogenated alkanes) is 26. The van der Waals surface area contributed by atoms with Crippen molar-refractivity contribution in [3.63, 3.8) is 0 Å². The number of urea groups is 1. The second-order valence-electron chi connectivity index (χ2n) is 17.6. The number of amides is 2. The molecule has 346 valence electrons. The van der Waals surface area contributed by atoms with Crippen molar-refractivity contribution < 1.29 is 23.8 Å². The largest absolute Gasteiger partial charge is 0.462 e. The molecule has 0 saturated carbocycles. The van der Waals surface area contributed by atoms with Crippen molar-refractivity contribution in [2.45, 2.75) is 252 Å². The van der Waals surface area contributed by atoms with E-state index in [1.54, 1.807) is 0 Å². The lowest BCUT2D eigenvalue weighted by atomic mass is 10.0. The summed E-state index contributed by atoms with van der Waals surface area (Å²) in [5.74, 6) is 0.00247. The van der Waals surface area contributed by atoms with Gasteiger partial charge in [-0.1, -0.05) is 168 Å². The number of nitrogens with one attached hydrogen (secondary N) is 1. The Kier molecular flexibility index (Phi) is 45.6. The molecule has 0 heterocycles. The Bertz CT molecular complexity index is 828. The monoisotopic (exact) mass is 824 g/mol. The highest BCUT2D eigenvalue weighted by molar-refractivity contribution is 5.74. The van der Waals surface area contributed by atoms with E-state index in [2.05, 4.69) is 50.0 Å². The molecule has 0 saturated heterocycles. The van der Waals surface area contributed by atoms with Crippen molar-refractivity contribution in [3.05, 3.63) is 0 Å². The second-order valence-corrected chi connectivity index (χ2v) is 17.6. The van der Waals surface area contributed by atoms with Crippen LogP contribution in [0.4, 0.5) is 4.79 Å². The Morgan fingerprint density at radius 1 is 0.466 bits per heavy atom. The van der Waals surface area contributed by atoms with Crippen LogP contribution < -0.4 is 5.32 Å². The molecule has 0 aromatic rings. The van der Waals surface area contributed by atoms with Crippen molar-refractivity contribution in [1.29, 1.82) is 0 Å². The number of rotatable bonds is 47. The Labute approximate surface area is 361 Å². The maximum Gasteiger partial charge on any atom is 0.317 e. The molecule has 0 aliphatic heterocycles. The van der Waals surface area contributed by atoms with Gasteiger partial charge in [-0.15, -0.1) is 0 Å². The molecule has 0 aliphatic carbocycles. The van der Waals surface area contributed by atoms with Crippen LogP contribution in [0.2, 0.25) is 0 Å². The Morgan fingerprint density at radius 3 is 1.33 bits per heavy atom. The van der Waals surface area contributed by atoms with Crippen LogP contribution in [-0.2, 0) is 19.0 Å². The Balaban J connectivity index is 4.33. The van der Waals surface area contributed by atoms with Crippen LogP contribution >= 0.6 is 0 Å². The van der Waals surface area contributed by atoms with Gasteiger partial charge in [-0.25, -0.2) is 4.79 Å². The first-order chi connectivity index (χ1) is 28.4. The van der Waals surface area contributed by atoms with E-state index in [1.165, 1.54) is 135 Å². The molecule has 0 bridgehead atoms. The van der Waals surface area contributed by atoms with Crippen LogP contribution in [0.3, 0.4) is 0 Å². The summed E-state index contributed by atoms with van der Waals surface area (Å²) >= 11 is 0. The van der Waals surface area contributed by atoms with E-state index in [9.17, 15) is 9.59 Å². The molecule has 0 radical (unpaired) electrons. The number of carbonyl (C=O) groups excluding carboxylic acids is 2. The fraction of sp³-hybridized carbons (Fsp3) is 0.960. The first-order valence-electron chi connectivity index (χ1n) is 25.5. The average Bonchev–Trinajstić information content (AvgIpc) is 3.21. The van der Waals surface area contributed by atoms with Crippen molar-refractivity contribution in [3.8, 4) is 0 Å². The van der Waals surface area contributed by atoms with Gasteiger partial charge in [-0.05, 0) is 91.3 Å². The van der Waals surface area contributed by atoms with Gasteiger partial charge >= 0.3 is 12.0 Å². The number of carbonyl (C=O) groups is 2. The van der Waals surface area contributed by atoms with Gasteiger partial charge in [0.15, 0.2) is 0 Å². The topological polar surface area (TPSA) is 80.3 Å². The first-order valence-corrected chi connectivity index (χ1v) is 25.5. The van der Waals surface area contributed by atoms with Gasteiger partial charge in [0.1, 0.15) is 12.9 Å². The predicted octanol–water partition coefficient (Wildman–Crippen LogP) is 14.2. The van der Waals surface area contributed by atoms with Gasteiger partial charge in [0, 0.05) is 39.3 Å². The molecule has 0 aromatic carbocycles. The van der Waals surface area contributed by atoms with E-state index in [0.29, 0.717) is 13.2 Å². The third-order valence-electron chi connectivity index (χ3n) is 11.5. The van der Waals surface area contributed by atoms with Crippen LogP contribution in [-0.4, -0.2) is 88.2 Å². The molecular formula is C50H101N3O5. The van der Waals surface area contributed by atoms with Gasteiger partial charge in [-0.2, -0.15) is 0 Å². The van der Waals surface area contributed by atoms with Crippen molar-refractivity contribution in [1.82, 2.24) is 15.1 Å². The quantitative estimate of drug-likeness (QED) is 0.0374. The summed E-state index contributed by atoms with van der Waals surface area (Å²) in [6, 6.07) is 0.0930. The van der Waals surface area contributed by atoms with E-state index in [0.717, 1.165) is 123 Å². The highest BCUT2D eigenvalue weighted by Crippen LogP contribution is 2.18. The average molecular weight is 824 g/mol. The molecule has 0 unspecified atom stereocenters. The second kappa shape index (κ2) is 46.7. The summed E-state index contributed by atoms with van der Waals surface area (Å²) in [7, 11) is 4.19. The van der Waals surface area contributed by atoms with Gasteiger partial charge in [0.2, 0.25) is 0 Å². The number of hydrogen-bond donors (Lipinski definition) is 1. The zero-order valence-electron chi connectivity index (χ0n) is 39.7. The molecule has 8 nitrogen and oxygen atoms in total. The molecule has 1 N–H and O–H groups in total. The summed E-state index contributed by atoms with van der Waals surface area (Å²) < 4.78 is 17.4. The molecule has 0 aromatic heterocycles. The van der Waals surface area contributed by atoms with Crippen molar-refractivity contribution >= 4 is 12.0 Å². The molecular weight excluding hydrogens is 723 g/mol. The number of esters is 1. The normalized spacial score (nSPS) is 11.6. The lowest BCUT2D eigenvalue weighted by molar-refractivity contribution is -0.150. The smallest absolute Gasteiger partial charge is 0.317 e. The zero-order valence-corrected chi connectivity index (χ0v) is 39.7. The maximum absolute atomic E-state index is 13.2. The van der Waals surface area contributed by atoms with E-state index in [-0.39, 0.29) is 18.1 Å². The number of nitrogens with zero attached hydrogens (tertiary/aromatic N) is 2. The van der Waals surface area contributed by atoms with E-state index >= 15 is 0 Å². The molecule has 0 rings (SSSR count). The van der Waals surface area contributed by atoms with E-state index < -0.39 is 0 Å². The highest BCUT2D eigenvalue weighted by atomic mass is 16.7. The standard InChI is InChI=1S/C50H101N3O5/c1-6-9-12-15-19-27-36-45-56-47-57-46-37-28-20-18-25-33-43-53(50(55)51-41-32-35-42-52(4)5)44-34-26-21-24-31-40-49(54)58-48(38-29-22-16-13-10-7-2)39-30-23-17-14-11-8-3/h48H,6-47H2,1-5H3,(H,51,55). The van der Waals surface area contributed by atoms with Crippen LogP contribution in [0.1, 0.15) is 245 Å². The minimum absolute atomic E-state index is 0.00247. The third kappa shape index (κ3) is 42.7. The summed E-state index contributed by atoms with van der Waals surface area (Å²) in [6.07, 6.45) is 41.3. The van der Waals surface area contributed by atoms with Crippen LogP contribution in [0, 0.1) is 0 Å². The SMILES string of the molecule is CCCCCCCCCOCOCCCCCCCCN(CCCCCCCC(=O)OC(CCCCCCCC)CCCCCCCC)C(=O)NCCCCN(C)C. The Hall–Kier alpha value is -1.38. The maximum atomic E-state index is 13.2. The van der Waals surface area contributed by atoms with Gasteiger partial charge in [0.05, 0.1) is 0 Å². The lowest BCUT2D eigenvalue weighted by Gasteiger charge is -2.23. The number of ether oxygens (including phenoxy) is 3. The van der Waals surface area contributed by atoms with Crippen LogP contribution in [0.15, 0.2) is 0 Å². The van der Waals surface area contributed by atoms with Crippen LogP contribution in [0.5, 0.6) is 0 Å². The highest BCUT2D eigenvalue weighted by Gasteiger charge is 2.15. The van der Waals surface area contributed by atoms with Crippen molar-refractivity contribution in [2.24, 2.45) is 0 Å². The van der Waals surface area contributed by atoms with Gasteiger partial charge in [-0.3, -0.25) is 4.79 Å². The zero-order chi connectivity index (χ0) is 42.4. The molecule has 0 aliphatic rings. The van der Waals surface area contributed by atoms with Crippen LogP contribution in [0.25, 0.3) is 0 Å². The first kappa shape index (κ1) is 56.6. The summed E-state index contributed by atoms with van der Waals surface area (Å²) in [5.41, 5.74) is 0.